The Morgan fingerprint density at radius 1 is 0.750 bits per heavy atom. The summed E-state index contributed by atoms with van der Waals surface area (Å²) in [5.74, 6) is 0. The van der Waals surface area contributed by atoms with Crippen molar-refractivity contribution in [2.45, 2.75) is 117 Å². The van der Waals surface area contributed by atoms with Crippen LogP contribution in [0.15, 0.2) is 6.20 Å². The zero-order chi connectivity index (χ0) is 17.5. The van der Waals surface area contributed by atoms with E-state index in [1.807, 2.05) is 10.9 Å². The maximum atomic E-state index is 6.13. The van der Waals surface area contributed by atoms with Gasteiger partial charge >= 0.3 is 0 Å². The number of unbranched alkanes of at least 4 members (excludes halogenated alkanes) is 13. The zero-order valence-electron chi connectivity index (χ0n) is 16.2. The van der Waals surface area contributed by atoms with E-state index in [1.54, 1.807) is 0 Å². The molecule has 24 heavy (non-hydrogen) atoms. The van der Waals surface area contributed by atoms with Gasteiger partial charge < -0.3 is 0 Å². The Balaban J connectivity index is 1.82. The van der Waals surface area contributed by atoms with Gasteiger partial charge in [0.05, 0.1) is 10.7 Å². The topological polar surface area (TPSA) is 17.8 Å². The summed E-state index contributed by atoms with van der Waals surface area (Å²) in [6.07, 6.45) is 22.5. The summed E-state index contributed by atoms with van der Waals surface area (Å²) in [6.45, 7) is 5.40. The highest BCUT2D eigenvalue weighted by molar-refractivity contribution is 6.31. The van der Waals surface area contributed by atoms with Crippen molar-refractivity contribution in [3.05, 3.63) is 16.9 Å². The number of aryl methyl sites for hydroxylation is 2. The summed E-state index contributed by atoms with van der Waals surface area (Å²) in [5.41, 5.74) is 1.03. The van der Waals surface area contributed by atoms with Gasteiger partial charge in [0.1, 0.15) is 0 Å². The van der Waals surface area contributed by atoms with E-state index in [9.17, 15) is 0 Å². The van der Waals surface area contributed by atoms with Gasteiger partial charge in [-0.2, -0.15) is 5.10 Å². The van der Waals surface area contributed by atoms with E-state index in [2.05, 4.69) is 18.9 Å². The van der Waals surface area contributed by atoms with Crippen LogP contribution in [-0.2, 0) is 13.0 Å². The fraction of sp³-hybridized carbons (Fsp3) is 0.857. The van der Waals surface area contributed by atoms with Gasteiger partial charge in [0.15, 0.2) is 0 Å². The third kappa shape index (κ3) is 10.4. The highest BCUT2D eigenvalue weighted by atomic mass is 35.5. The third-order valence-electron chi connectivity index (χ3n) is 4.86. The van der Waals surface area contributed by atoms with Crippen LogP contribution >= 0.6 is 11.6 Å². The van der Waals surface area contributed by atoms with Crippen LogP contribution in [0.2, 0.25) is 5.02 Å². The highest BCUT2D eigenvalue weighted by Gasteiger charge is 2.03. The molecule has 1 heterocycles. The molecule has 0 amide bonds. The first-order valence-electron chi connectivity index (χ1n) is 10.5. The van der Waals surface area contributed by atoms with E-state index in [-0.39, 0.29) is 0 Å². The normalized spacial score (nSPS) is 11.3. The van der Waals surface area contributed by atoms with Crippen molar-refractivity contribution < 1.29 is 0 Å². The second kappa shape index (κ2) is 14.8. The van der Waals surface area contributed by atoms with E-state index >= 15 is 0 Å². The van der Waals surface area contributed by atoms with Gasteiger partial charge in [-0.1, -0.05) is 109 Å². The lowest BCUT2D eigenvalue weighted by Gasteiger charge is -2.04. The molecule has 0 aliphatic heterocycles. The molecule has 2 nitrogen and oxygen atoms in total. The molecule has 0 aliphatic rings. The molecule has 0 radical (unpaired) electrons. The molecule has 0 saturated carbocycles. The van der Waals surface area contributed by atoms with E-state index in [1.165, 1.54) is 89.9 Å². The fourth-order valence-electron chi connectivity index (χ4n) is 3.26. The number of aromatic nitrogens is 2. The fourth-order valence-corrected chi connectivity index (χ4v) is 3.54. The van der Waals surface area contributed by atoms with Crippen molar-refractivity contribution in [3.63, 3.8) is 0 Å². The molecule has 0 fully saturated rings. The molecule has 140 valence electrons. The molecule has 0 atom stereocenters. The number of hydrogen-bond acceptors (Lipinski definition) is 1. The predicted molar refractivity (Wildman–Crippen MR) is 107 cm³/mol. The smallest absolute Gasteiger partial charge is 0.0817 e. The van der Waals surface area contributed by atoms with Gasteiger partial charge in [0.25, 0.3) is 0 Å². The minimum Gasteiger partial charge on any atom is -0.271 e. The number of nitrogens with zero attached hydrogens (tertiary/aromatic N) is 2. The van der Waals surface area contributed by atoms with E-state index in [0.717, 1.165) is 23.7 Å². The summed E-state index contributed by atoms with van der Waals surface area (Å²) in [4.78, 5) is 0. The molecule has 0 N–H and O–H groups in total. The Labute approximate surface area is 155 Å². The van der Waals surface area contributed by atoms with E-state index in [4.69, 9.17) is 11.6 Å². The summed E-state index contributed by atoms with van der Waals surface area (Å²) < 4.78 is 2.02. The maximum Gasteiger partial charge on any atom is 0.0817 e. The molecule has 0 bridgehead atoms. The summed E-state index contributed by atoms with van der Waals surface area (Å²) >= 11 is 6.13. The number of hydrogen-bond donors (Lipinski definition) is 0. The van der Waals surface area contributed by atoms with Gasteiger partial charge in [-0.05, 0) is 12.8 Å². The zero-order valence-corrected chi connectivity index (χ0v) is 16.9. The van der Waals surface area contributed by atoms with Crippen LogP contribution in [0.5, 0.6) is 0 Å². The number of halogens is 1. The second-order valence-corrected chi connectivity index (χ2v) is 7.54. The van der Waals surface area contributed by atoms with E-state index < -0.39 is 0 Å². The summed E-state index contributed by atoms with van der Waals surface area (Å²) in [5, 5.41) is 5.33. The molecule has 1 aromatic heterocycles. The molecule has 0 unspecified atom stereocenters. The van der Waals surface area contributed by atoms with Crippen molar-refractivity contribution in [2.75, 3.05) is 0 Å². The molecular weight excluding hydrogens is 316 g/mol. The van der Waals surface area contributed by atoms with Crippen LogP contribution in [0, 0.1) is 0 Å². The Morgan fingerprint density at radius 3 is 1.62 bits per heavy atom. The quantitative estimate of drug-likeness (QED) is 0.280. The minimum absolute atomic E-state index is 0.822. The third-order valence-corrected chi connectivity index (χ3v) is 5.18. The van der Waals surface area contributed by atoms with Crippen molar-refractivity contribution in [3.8, 4) is 0 Å². The average molecular weight is 355 g/mol. The first-order valence-corrected chi connectivity index (χ1v) is 10.9. The molecule has 1 rings (SSSR count). The van der Waals surface area contributed by atoms with Gasteiger partial charge in [-0.15, -0.1) is 0 Å². The van der Waals surface area contributed by atoms with Crippen LogP contribution in [-0.4, -0.2) is 9.78 Å². The molecule has 0 spiro atoms. The average Bonchev–Trinajstić information content (AvgIpc) is 2.95. The monoisotopic (exact) mass is 354 g/mol. The number of rotatable bonds is 16. The van der Waals surface area contributed by atoms with Crippen LogP contribution in [0.25, 0.3) is 0 Å². The Morgan fingerprint density at radius 2 is 1.21 bits per heavy atom. The van der Waals surface area contributed by atoms with Crippen molar-refractivity contribution in [2.24, 2.45) is 0 Å². The highest BCUT2D eigenvalue weighted by Crippen LogP contribution is 2.16. The lowest BCUT2D eigenvalue weighted by atomic mass is 10.0. The first-order chi connectivity index (χ1) is 11.8. The standard InChI is InChI=1S/C21H39ClN2/c1-3-5-6-7-8-9-10-11-12-13-14-15-16-17-18-24-19-20(22)21(4-2)23-24/h19H,3-18H2,1-2H3. The Kier molecular flexibility index (Phi) is 13.3. The lowest BCUT2D eigenvalue weighted by molar-refractivity contribution is 0.509. The Hall–Kier alpha value is -0.500. The van der Waals surface area contributed by atoms with Crippen LogP contribution in [0.1, 0.15) is 109 Å². The second-order valence-electron chi connectivity index (χ2n) is 7.14. The lowest BCUT2D eigenvalue weighted by Crippen LogP contribution is -1.99. The SMILES string of the molecule is CCCCCCCCCCCCCCCCn1cc(Cl)c(CC)n1. The molecule has 0 aliphatic carbocycles. The maximum absolute atomic E-state index is 6.13. The summed E-state index contributed by atoms with van der Waals surface area (Å²) in [7, 11) is 0. The Bertz CT molecular complexity index is 401. The molecule has 0 saturated heterocycles. The largest absolute Gasteiger partial charge is 0.271 e. The minimum atomic E-state index is 0.822. The first kappa shape index (κ1) is 21.5. The van der Waals surface area contributed by atoms with Crippen molar-refractivity contribution >= 4 is 11.6 Å². The molecule has 3 heteroatoms. The predicted octanol–water partition coefficient (Wildman–Crippen LogP) is 7.58. The van der Waals surface area contributed by atoms with Gasteiger partial charge in [0, 0.05) is 12.7 Å². The molecule has 1 aromatic rings. The van der Waals surface area contributed by atoms with Gasteiger partial charge in [0.2, 0.25) is 0 Å². The van der Waals surface area contributed by atoms with Crippen LogP contribution in [0.3, 0.4) is 0 Å². The van der Waals surface area contributed by atoms with Crippen LogP contribution in [0.4, 0.5) is 0 Å². The summed E-state index contributed by atoms with van der Waals surface area (Å²) in [6, 6.07) is 0. The van der Waals surface area contributed by atoms with E-state index in [0.29, 0.717) is 0 Å². The van der Waals surface area contributed by atoms with Crippen molar-refractivity contribution in [1.82, 2.24) is 9.78 Å². The van der Waals surface area contributed by atoms with Crippen LogP contribution < -0.4 is 0 Å². The molecular formula is C21H39ClN2. The van der Waals surface area contributed by atoms with Gasteiger partial charge in [-0.25, -0.2) is 0 Å². The van der Waals surface area contributed by atoms with Crippen molar-refractivity contribution in [1.29, 1.82) is 0 Å². The molecule has 0 aromatic carbocycles. The van der Waals surface area contributed by atoms with Gasteiger partial charge in [-0.3, -0.25) is 4.68 Å².